The fourth-order valence-corrected chi connectivity index (χ4v) is 2.91. The van der Waals surface area contributed by atoms with E-state index in [9.17, 15) is 4.79 Å². The van der Waals surface area contributed by atoms with E-state index in [1.807, 2.05) is 35.2 Å². The van der Waals surface area contributed by atoms with Crippen molar-refractivity contribution in [2.45, 2.75) is 31.3 Å². The van der Waals surface area contributed by atoms with E-state index in [-0.39, 0.29) is 36.8 Å². The van der Waals surface area contributed by atoms with Crippen molar-refractivity contribution in [1.82, 2.24) is 9.80 Å². The van der Waals surface area contributed by atoms with Gasteiger partial charge in [-0.2, -0.15) is 0 Å². The molecule has 6 heteroatoms. The minimum absolute atomic E-state index is 0. The van der Waals surface area contributed by atoms with Crippen molar-refractivity contribution < 1.29 is 4.79 Å². The van der Waals surface area contributed by atoms with E-state index in [4.69, 9.17) is 5.73 Å². The number of carbonyl (C=O) groups excluding carboxylic acids is 1. The Morgan fingerprint density at radius 2 is 1.68 bits per heavy atom. The largest absolute Gasteiger partial charge is 0.340 e. The van der Waals surface area contributed by atoms with Gasteiger partial charge in [-0.05, 0) is 18.4 Å². The van der Waals surface area contributed by atoms with Crippen LogP contribution in [0.4, 0.5) is 0 Å². The van der Waals surface area contributed by atoms with E-state index < -0.39 is 0 Å². The van der Waals surface area contributed by atoms with Gasteiger partial charge in [0.15, 0.2) is 0 Å². The number of hydrogen-bond acceptors (Lipinski definition) is 3. The Kier molecular flexibility index (Phi) is 7.63. The molecule has 3 rings (SSSR count). The number of nitrogens with zero attached hydrogens (tertiary/aromatic N) is 2. The molecule has 1 unspecified atom stereocenters. The van der Waals surface area contributed by atoms with Crippen molar-refractivity contribution in [3.8, 4) is 0 Å². The average Bonchev–Trinajstić information content (AvgIpc) is 3.33. The second kappa shape index (κ2) is 8.73. The predicted octanol–water partition coefficient (Wildman–Crippen LogP) is 2.23. The van der Waals surface area contributed by atoms with Crippen molar-refractivity contribution in [2.24, 2.45) is 5.73 Å². The quantitative estimate of drug-likeness (QED) is 0.910. The number of amides is 1. The van der Waals surface area contributed by atoms with Crippen LogP contribution >= 0.6 is 24.8 Å². The summed E-state index contributed by atoms with van der Waals surface area (Å²) >= 11 is 0. The van der Waals surface area contributed by atoms with Crippen LogP contribution in [0.3, 0.4) is 0 Å². The highest BCUT2D eigenvalue weighted by Crippen LogP contribution is 2.27. The fraction of sp³-hybridized carbons (Fsp3) is 0.562. The lowest BCUT2D eigenvalue weighted by Gasteiger charge is -2.35. The van der Waals surface area contributed by atoms with Crippen LogP contribution < -0.4 is 5.73 Å². The maximum absolute atomic E-state index is 12.3. The number of nitrogens with two attached hydrogens (primary N) is 1. The van der Waals surface area contributed by atoms with Gasteiger partial charge in [0.1, 0.15) is 0 Å². The fourth-order valence-electron chi connectivity index (χ4n) is 2.91. The lowest BCUT2D eigenvalue weighted by molar-refractivity contribution is -0.133. The zero-order valence-corrected chi connectivity index (χ0v) is 14.3. The molecular weight excluding hydrogens is 321 g/mol. The molecule has 1 saturated heterocycles. The molecule has 0 spiro atoms. The summed E-state index contributed by atoms with van der Waals surface area (Å²) in [6, 6.07) is 10.5. The predicted molar refractivity (Wildman–Crippen MR) is 93.7 cm³/mol. The second-order valence-corrected chi connectivity index (χ2v) is 5.87. The van der Waals surface area contributed by atoms with E-state index in [2.05, 4.69) is 4.90 Å². The van der Waals surface area contributed by atoms with Gasteiger partial charge in [0.25, 0.3) is 0 Å². The summed E-state index contributed by atoms with van der Waals surface area (Å²) in [7, 11) is 0. The van der Waals surface area contributed by atoms with Gasteiger partial charge in [0, 0.05) is 44.7 Å². The summed E-state index contributed by atoms with van der Waals surface area (Å²) in [5.41, 5.74) is 7.17. The number of carbonyl (C=O) groups is 1. The molecule has 0 bridgehead atoms. The van der Waals surface area contributed by atoms with Crippen LogP contribution in [-0.2, 0) is 4.79 Å². The third-order valence-corrected chi connectivity index (χ3v) is 4.35. The summed E-state index contributed by atoms with van der Waals surface area (Å²) in [4.78, 5) is 16.8. The lowest BCUT2D eigenvalue weighted by Crippen LogP contribution is -2.49. The van der Waals surface area contributed by atoms with Crippen molar-refractivity contribution >= 4 is 30.7 Å². The molecule has 1 heterocycles. The first-order valence-corrected chi connectivity index (χ1v) is 7.56. The van der Waals surface area contributed by atoms with Gasteiger partial charge in [-0.1, -0.05) is 30.3 Å². The molecule has 0 aromatic heterocycles. The molecule has 1 aliphatic heterocycles. The summed E-state index contributed by atoms with van der Waals surface area (Å²) in [6.45, 7) is 3.77. The molecule has 4 nitrogen and oxygen atoms in total. The minimum atomic E-state index is -0.190. The second-order valence-electron chi connectivity index (χ2n) is 5.87. The molecular formula is C16H25Cl2N3O. The Hall–Kier alpha value is -0.810. The average molecular weight is 346 g/mol. The lowest BCUT2D eigenvalue weighted by atomic mass is 10.0. The van der Waals surface area contributed by atoms with Gasteiger partial charge in [0.05, 0.1) is 0 Å². The standard InChI is InChI=1S/C16H23N3O.2ClH/c17-15(13-4-2-1-3-5-13)12-16(20)19-10-8-18(9-11-19)14-6-7-14;;/h1-5,14-15H,6-12,17H2;2*1H. The normalized spacial score (nSPS) is 19.8. The zero-order chi connectivity index (χ0) is 13.9. The van der Waals surface area contributed by atoms with Gasteiger partial charge in [0.2, 0.25) is 5.91 Å². The van der Waals surface area contributed by atoms with Crippen LogP contribution in [0.15, 0.2) is 30.3 Å². The van der Waals surface area contributed by atoms with Gasteiger partial charge in [-0.15, -0.1) is 24.8 Å². The van der Waals surface area contributed by atoms with E-state index in [1.165, 1.54) is 12.8 Å². The molecule has 1 aliphatic carbocycles. The third-order valence-electron chi connectivity index (χ3n) is 4.35. The highest BCUT2D eigenvalue weighted by Gasteiger charge is 2.32. The van der Waals surface area contributed by atoms with Crippen LogP contribution in [0.25, 0.3) is 0 Å². The summed E-state index contributed by atoms with van der Waals surface area (Å²) in [5, 5.41) is 0. The maximum Gasteiger partial charge on any atom is 0.224 e. The number of benzene rings is 1. The smallest absolute Gasteiger partial charge is 0.224 e. The summed E-state index contributed by atoms with van der Waals surface area (Å²) < 4.78 is 0. The number of halogens is 2. The first-order chi connectivity index (χ1) is 9.74. The molecule has 1 amide bonds. The van der Waals surface area contributed by atoms with Crippen molar-refractivity contribution in [3.63, 3.8) is 0 Å². The zero-order valence-electron chi connectivity index (χ0n) is 12.7. The van der Waals surface area contributed by atoms with Gasteiger partial charge in [-0.3, -0.25) is 9.69 Å². The van der Waals surface area contributed by atoms with Crippen LogP contribution in [0.5, 0.6) is 0 Å². The van der Waals surface area contributed by atoms with Crippen LogP contribution in [0, 0.1) is 0 Å². The topological polar surface area (TPSA) is 49.6 Å². The van der Waals surface area contributed by atoms with Crippen LogP contribution in [-0.4, -0.2) is 47.9 Å². The van der Waals surface area contributed by atoms with Crippen molar-refractivity contribution in [3.05, 3.63) is 35.9 Å². The monoisotopic (exact) mass is 345 g/mol. The molecule has 124 valence electrons. The maximum atomic E-state index is 12.3. The van der Waals surface area contributed by atoms with Gasteiger partial charge < -0.3 is 10.6 Å². The number of rotatable bonds is 4. The Morgan fingerprint density at radius 1 is 1.09 bits per heavy atom. The van der Waals surface area contributed by atoms with Crippen molar-refractivity contribution in [2.75, 3.05) is 26.2 Å². The molecule has 2 N–H and O–H groups in total. The number of hydrogen-bond donors (Lipinski definition) is 1. The van der Waals surface area contributed by atoms with E-state index in [0.717, 1.165) is 37.8 Å². The Balaban J connectivity index is 0.00000121. The Morgan fingerprint density at radius 3 is 2.23 bits per heavy atom. The highest BCUT2D eigenvalue weighted by atomic mass is 35.5. The summed E-state index contributed by atoms with van der Waals surface area (Å²) in [5.74, 6) is 0.191. The summed E-state index contributed by atoms with van der Waals surface area (Å²) in [6.07, 6.45) is 3.09. The van der Waals surface area contributed by atoms with E-state index in [0.29, 0.717) is 6.42 Å². The molecule has 22 heavy (non-hydrogen) atoms. The third kappa shape index (κ3) is 4.85. The molecule has 1 saturated carbocycles. The first-order valence-electron chi connectivity index (χ1n) is 7.56. The SMILES string of the molecule is Cl.Cl.NC(CC(=O)N1CCN(C2CC2)CC1)c1ccccc1. The van der Waals surface area contributed by atoms with Crippen LogP contribution in [0.1, 0.15) is 30.9 Å². The van der Waals surface area contributed by atoms with Crippen molar-refractivity contribution in [1.29, 1.82) is 0 Å². The minimum Gasteiger partial charge on any atom is -0.340 e. The molecule has 0 radical (unpaired) electrons. The molecule has 1 aromatic rings. The molecule has 2 aliphatic rings. The van der Waals surface area contributed by atoms with E-state index in [1.54, 1.807) is 0 Å². The Bertz CT molecular complexity index is 460. The molecule has 1 atom stereocenters. The molecule has 2 fully saturated rings. The van der Waals surface area contributed by atoms with E-state index >= 15 is 0 Å². The number of piperazine rings is 1. The van der Waals surface area contributed by atoms with Gasteiger partial charge >= 0.3 is 0 Å². The van der Waals surface area contributed by atoms with Gasteiger partial charge in [-0.25, -0.2) is 0 Å². The Labute approximate surface area is 144 Å². The highest BCUT2D eigenvalue weighted by molar-refractivity contribution is 5.85. The van der Waals surface area contributed by atoms with Crippen LogP contribution in [0.2, 0.25) is 0 Å². The first kappa shape index (κ1) is 19.2. The molecule has 1 aromatic carbocycles.